The number of hydrogen-bond acceptors (Lipinski definition) is 6. The molecular formula is C18H22N6O2. The van der Waals surface area contributed by atoms with Gasteiger partial charge in [0.05, 0.1) is 0 Å². The molecule has 1 aliphatic heterocycles. The van der Waals surface area contributed by atoms with Gasteiger partial charge in [-0.05, 0) is 23.3 Å². The number of rotatable bonds is 7. The van der Waals surface area contributed by atoms with Crippen LogP contribution in [0.1, 0.15) is 34.1 Å². The highest BCUT2D eigenvalue weighted by molar-refractivity contribution is 5.94. The van der Waals surface area contributed by atoms with Gasteiger partial charge in [0.25, 0.3) is 5.91 Å². The van der Waals surface area contributed by atoms with Crippen molar-refractivity contribution in [3.63, 3.8) is 0 Å². The van der Waals surface area contributed by atoms with Gasteiger partial charge < -0.3 is 10.6 Å². The van der Waals surface area contributed by atoms with Gasteiger partial charge in [-0.3, -0.25) is 9.59 Å². The SMILES string of the molecule is O=C(CCNC(=O)c1ccc(C2NNNN2)cc1)NCc1ccccc1. The summed E-state index contributed by atoms with van der Waals surface area (Å²) >= 11 is 0. The Labute approximate surface area is 151 Å². The Morgan fingerprint density at radius 1 is 0.885 bits per heavy atom. The van der Waals surface area contributed by atoms with Crippen LogP contribution in [0.2, 0.25) is 0 Å². The van der Waals surface area contributed by atoms with Gasteiger partial charge in [-0.15, -0.1) is 0 Å². The summed E-state index contributed by atoms with van der Waals surface area (Å²) in [5.41, 5.74) is 14.0. The largest absolute Gasteiger partial charge is 0.352 e. The molecule has 0 saturated carbocycles. The molecule has 3 rings (SSSR count). The quantitative estimate of drug-likeness (QED) is 0.425. The zero-order valence-electron chi connectivity index (χ0n) is 14.2. The molecule has 0 atom stereocenters. The molecule has 0 radical (unpaired) electrons. The van der Waals surface area contributed by atoms with Gasteiger partial charge in [-0.2, -0.15) is 11.1 Å². The van der Waals surface area contributed by atoms with Crippen LogP contribution in [-0.2, 0) is 11.3 Å². The average molecular weight is 354 g/mol. The van der Waals surface area contributed by atoms with Gasteiger partial charge in [-0.1, -0.05) is 42.5 Å². The monoisotopic (exact) mass is 354 g/mol. The fourth-order valence-corrected chi connectivity index (χ4v) is 2.52. The van der Waals surface area contributed by atoms with Gasteiger partial charge >= 0.3 is 0 Å². The normalized spacial score (nSPS) is 14.2. The van der Waals surface area contributed by atoms with Gasteiger partial charge in [0, 0.05) is 25.1 Å². The van der Waals surface area contributed by atoms with Gasteiger partial charge in [0.2, 0.25) is 5.91 Å². The Morgan fingerprint density at radius 2 is 1.58 bits per heavy atom. The molecule has 0 spiro atoms. The molecule has 8 heteroatoms. The summed E-state index contributed by atoms with van der Waals surface area (Å²) in [5.74, 6) is -0.293. The van der Waals surface area contributed by atoms with Crippen LogP contribution in [0.25, 0.3) is 0 Å². The number of hydrogen-bond donors (Lipinski definition) is 6. The molecule has 0 bridgehead atoms. The Hall–Kier alpha value is -2.78. The highest BCUT2D eigenvalue weighted by Gasteiger charge is 2.15. The minimum atomic E-state index is -0.198. The van der Waals surface area contributed by atoms with Crippen molar-refractivity contribution in [3.05, 3.63) is 71.3 Å². The van der Waals surface area contributed by atoms with E-state index in [1.165, 1.54) is 0 Å². The van der Waals surface area contributed by atoms with Crippen molar-refractivity contribution in [2.75, 3.05) is 6.54 Å². The van der Waals surface area contributed by atoms with E-state index in [0.29, 0.717) is 18.7 Å². The van der Waals surface area contributed by atoms with E-state index in [1.54, 1.807) is 12.1 Å². The van der Waals surface area contributed by atoms with Crippen LogP contribution in [0.3, 0.4) is 0 Å². The van der Waals surface area contributed by atoms with Crippen LogP contribution in [0, 0.1) is 0 Å². The van der Waals surface area contributed by atoms with E-state index in [4.69, 9.17) is 0 Å². The Kier molecular flexibility index (Phi) is 6.29. The van der Waals surface area contributed by atoms with E-state index in [1.807, 2.05) is 42.5 Å². The molecule has 1 heterocycles. The fraction of sp³-hybridized carbons (Fsp3) is 0.222. The number of nitrogens with one attached hydrogen (secondary N) is 6. The molecule has 0 unspecified atom stereocenters. The zero-order chi connectivity index (χ0) is 18.2. The van der Waals surface area contributed by atoms with Crippen LogP contribution in [-0.4, -0.2) is 18.4 Å². The predicted octanol–water partition coefficient (Wildman–Crippen LogP) is 0.239. The Balaban J connectivity index is 1.38. The lowest BCUT2D eigenvalue weighted by Crippen LogP contribution is -2.33. The molecule has 1 saturated heterocycles. The van der Waals surface area contributed by atoms with Crippen molar-refractivity contribution in [2.24, 2.45) is 0 Å². The summed E-state index contributed by atoms with van der Waals surface area (Å²) in [7, 11) is 0. The van der Waals surface area contributed by atoms with Crippen LogP contribution >= 0.6 is 0 Å². The van der Waals surface area contributed by atoms with Gasteiger partial charge in [0.1, 0.15) is 6.17 Å². The molecular weight excluding hydrogens is 332 g/mol. The first kappa shape index (κ1) is 18.0. The van der Waals surface area contributed by atoms with E-state index in [2.05, 4.69) is 32.6 Å². The minimum Gasteiger partial charge on any atom is -0.352 e. The van der Waals surface area contributed by atoms with Crippen molar-refractivity contribution in [1.82, 2.24) is 32.6 Å². The minimum absolute atomic E-state index is 0.0691. The molecule has 6 N–H and O–H groups in total. The van der Waals surface area contributed by atoms with Crippen molar-refractivity contribution >= 4 is 11.8 Å². The third kappa shape index (κ3) is 5.11. The number of amides is 2. The van der Waals surface area contributed by atoms with E-state index in [0.717, 1.165) is 11.1 Å². The highest BCUT2D eigenvalue weighted by Crippen LogP contribution is 2.11. The number of benzene rings is 2. The van der Waals surface area contributed by atoms with Crippen LogP contribution in [0.4, 0.5) is 0 Å². The van der Waals surface area contributed by atoms with E-state index >= 15 is 0 Å². The maximum absolute atomic E-state index is 12.1. The lowest BCUT2D eigenvalue weighted by Gasteiger charge is -2.10. The summed E-state index contributed by atoms with van der Waals surface area (Å²) in [6, 6.07) is 16.9. The van der Waals surface area contributed by atoms with Gasteiger partial charge in [-0.25, -0.2) is 10.9 Å². The average Bonchev–Trinajstić information content (AvgIpc) is 3.22. The summed E-state index contributed by atoms with van der Waals surface area (Å²) in [6.45, 7) is 0.781. The van der Waals surface area contributed by atoms with E-state index in [9.17, 15) is 9.59 Å². The maximum Gasteiger partial charge on any atom is 0.251 e. The highest BCUT2D eigenvalue weighted by atomic mass is 16.2. The summed E-state index contributed by atoms with van der Waals surface area (Å²) in [6.07, 6.45) is 0.171. The molecule has 8 nitrogen and oxygen atoms in total. The third-order valence-electron chi connectivity index (χ3n) is 3.97. The van der Waals surface area contributed by atoms with Crippen molar-refractivity contribution in [3.8, 4) is 0 Å². The first-order valence-electron chi connectivity index (χ1n) is 8.42. The second-order valence-electron chi connectivity index (χ2n) is 5.86. The second-order valence-corrected chi connectivity index (χ2v) is 5.86. The van der Waals surface area contributed by atoms with Crippen LogP contribution in [0.5, 0.6) is 0 Å². The molecule has 2 aromatic rings. The summed E-state index contributed by atoms with van der Waals surface area (Å²) < 4.78 is 0. The van der Waals surface area contributed by atoms with Crippen molar-refractivity contribution in [2.45, 2.75) is 19.1 Å². The lowest BCUT2D eigenvalue weighted by atomic mass is 10.1. The number of carbonyl (C=O) groups excluding carboxylic acids is 2. The van der Waals surface area contributed by atoms with E-state index < -0.39 is 0 Å². The second kappa shape index (κ2) is 9.07. The molecule has 2 aromatic carbocycles. The predicted molar refractivity (Wildman–Crippen MR) is 97.0 cm³/mol. The first-order valence-corrected chi connectivity index (χ1v) is 8.42. The molecule has 1 fully saturated rings. The molecule has 1 aliphatic rings. The van der Waals surface area contributed by atoms with Crippen LogP contribution < -0.4 is 32.6 Å². The van der Waals surface area contributed by atoms with Crippen molar-refractivity contribution in [1.29, 1.82) is 0 Å². The standard InChI is InChI=1S/C18H22N6O2/c25-16(20-12-13-4-2-1-3-5-13)10-11-19-18(26)15-8-6-14(7-9-15)17-21-23-24-22-17/h1-9,17,21-24H,10-12H2,(H,19,26)(H,20,25). The first-order chi connectivity index (χ1) is 12.7. The topological polar surface area (TPSA) is 106 Å². The number of carbonyl (C=O) groups is 2. The van der Waals surface area contributed by atoms with Gasteiger partial charge in [0.15, 0.2) is 0 Å². The number of hydrazine groups is 3. The Bertz CT molecular complexity index is 729. The van der Waals surface area contributed by atoms with Crippen LogP contribution in [0.15, 0.2) is 54.6 Å². The van der Waals surface area contributed by atoms with Crippen molar-refractivity contribution < 1.29 is 9.59 Å². The maximum atomic E-state index is 12.1. The Morgan fingerprint density at radius 3 is 2.27 bits per heavy atom. The lowest BCUT2D eigenvalue weighted by molar-refractivity contribution is -0.121. The molecule has 0 aromatic heterocycles. The zero-order valence-corrected chi connectivity index (χ0v) is 14.2. The summed E-state index contributed by atoms with van der Waals surface area (Å²) in [5, 5.41) is 5.60. The molecule has 2 amide bonds. The third-order valence-corrected chi connectivity index (χ3v) is 3.97. The fourth-order valence-electron chi connectivity index (χ4n) is 2.52. The smallest absolute Gasteiger partial charge is 0.251 e. The van der Waals surface area contributed by atoms with E-state index in [-0.39, 0.29) is 24.4 Å². The molecule has 136 valence electrons. The molecule has 0 aliphatic carbocycles. The molecule has 26 heavy (non-hydrogen) atoms. The summed E-state index contributed by atoms with van der Waals surface area (Å²) in [4.78, 5) is 24.0.